The van der Waals surface area contributed by atoms with Gasteiger partial charge in [-0.2, -0.15) is 0 Å². The van der Waals surface area contributed by atoms with Crippen LogP contribution < -0.4 is 18.9 Å². The first-order valence-corrected chi connectivity index (χ1v) is 17.3. The normalized spacial score (nSPS) is 15.3. The lowest BCUT2D eigenvalue weighted by Crippen LogP contribution is -2.21. The highest BCUT2D eigenvalue weighted by Crippen LogP contribution is 2.40. The molecule has 8 nitrogen and oxygen atoms in total. The minimum Gasteiger partial charge on any atom is -0.506 e. The standard InChI is InChI=1S/C46H38O8/c1-27-11-7-9-13-37(27)43-19-29(17-41(53-43)31-21-33(49-3)25-34(22-31)50-4)15-39-45(47)40(46(39)48)16-30-18-42(32-23-35(51-5)26-36(24-32)52-6)54-44(20-30)38-14-10-8-12-28(38)2/h7-26H,1-6H3/p+1. The minimum atomic E-state index is -0.293. The molecule has 2 aliphatic rings. The molecule has 0 saturated carbocycles. The summed E-state index contributed by atoms with van der Waals surface area (Å²) in [6.45, 7) is 4.02. The van der Waals surface area contributed by atoms with Gasteiger partial charge in [0.2, 0.25) is 5.78 Å². The number of methoxy groups -OCH3 is 4. The summed E-state index contributed by atoms with van der Waals surface area (Å²) < 4.78 is 35.0. The van der Waals surface area contributed by atoms with E-state index in [1.54, 1.807) is 52.7 Å². The van der Waals surface area contributed by atoms with Gasteiger partial charge in [-0.1, -0.05) is 42.5 Å². The molecular formula is C46H39O8+. The number of aliphatic hydroxyl groups excluding tert-OH is 1. The molecule has 0 spiro atoms. The maximum absolute atomic E-state index is 13.8. The van der Waals surface area contributed by atoms with E-state index < -0.39 is 0 Å². The number of aryl methyl sites for hydroxylation is 2. The van der Waals surface area contributed by atoms with Crippen LogP contribution in [-0.4, -0.2) is 39.3 Å². The maximum atomic E-state index is 13.8. The van der Waals surface area contributed by atoms with Crippen LogP contribution in [0.1, 0.15) is 27.8 Å². The number of hydrogen-bond donors (Lipinski definition) is 1. The fourth-order valence-electron chi connectivity index (χ4n) is 6.40. The highest BCUT2D eigenvalue weighted by molar-refractivity contribution is 6.23. The monoisotopic (exact) mass is 719 g/mol. The van der Waals surface area contributed by atoms with E-state index in [1.807, 2.05) is 111 Å². The molecule has 8 heteroatoms. The van der Waals surface area contributed by atoms with Crippen LogP contribution in [-0.2, 0) is 9.53 Å². The van der Waals surface area contributed by atoms with Crippen LogP contribution >= 0.6 is 0 Å². The topological polar surface area (TPSA) is 94.8 Å². The van der Waals surface area contributed by atoms with E-state index in [4.69, 9.17) is 28.1 Å². The Balaban J connectivity index is 1.32. The van der Waals surface area contributed by atoms with Crippen molar-refractivity contribution in [1.29, 1.82) is 0 Å². The lowest BCUT2D eigenvalue weighted by Gasteiger charge is -2.23. The predicted octanol–water partition coefficient (Wildman–Crippen LogP) is 10.4. The SMILES string of the molecule is COc1cc(OC)cc(C2=CC(=CC3=C(O)C(=Cc4cc(-c5cc(OC)cc(OC)c5)[o+]c(-c5ccccc5C)c4)C3=O)C=C(c3ccccc3C)O2)c1. The van der Waals surface area contributed by atoms with Crippen molar-refractivity contribution in [1.82, 2.24) is 0 Å². The average molecular weight is 720 g/mol. The molecule has 1 aliphatic heterocycles. The summed E-state index contributed by atoms with van der Waals surface area (Å²) in [4.78, 5) is 13.8. The summed E-state index contributed by atoms with van der Waals surface area (Å²) in [5.74, 6) is 4.25. The molecule has 0 fully saturated rings. The van der Waals surface area contributed by atoms with Crippen molar-refractivity contribution in [3.05, 3.63) is 166 Å². The van der Waals surface area contributed by atoms with Crippen LogP contribution in [0.5, 0.6) is 23.0 Å². The molecule has 1 aromatic heterocycles. The molecule has 0 amide bonds. The minimum absolute atomic E-state index is 0.106. The maximum Gasteiger partial charge on any atom is 0.361 e. The zero-order valence-electron chi connectivity index (χ0n) is 30.9. The zero-order valence-corrected chi connectivity index (χ0v) is 30.9. The van der Waals surface area contributed by atoms with Gasteiger partial charge in [-0.25, -0.2) is 4.42 Å². The van der Waals surface area contributed by atoms with Crippen LogP contribution in [0, 0.1) is 13.8 Å². The molecule has 0 saturated heterocycles. The fourth-order valence-corrected chi connectivity index (χ4v) is 6.40. The highest BCUT2D eigenvalue weighted by Gasteiger charge is 2.33. The average Bonchev–Trinajstić information content (AvgIpc) is 3.21. The molecule has 2 heterocycles. The number of aliphatic hydroxyl groups is 1. The largest absolute Gasteiger partial charge is 0.506 e. The number of ether oxygens (including phenoxy) is 5. The summed E-state index contributed by atoms with van der Waals surface area (Å²) in [7, 11) is 6.36. The van der Waals surface area contributed by atoms with E-state index >= 15 is 0 Å². The third-order valence-corrected chi connectivity index (χ3v) is 9.35. The molecule has 0 unspecified atom stereocenters. The second-order valence-electron chi connectivity index (χ2n) is 12.9. The number of hydrogen-bond acceptors (Lipinski definition) is 7. The fraction of sp³-hybridized carbons (Fsp3) is 0.130. The number of allylic oxidation sites excluding steroid dienone is 6. The second kappa shape index (κ2) is 15.0. The summed E-state index contributed by atoms with van der Waals surface area (Å²) in [6, 6.07) is 30.5. The number of rotatable bonds is 10. The van der Waals surface area contributed by atoms with E-state index in [1.165, 1.54) is 0 Å². The Labute approximate surface area is 314 Å². The molecule has 54 heavy (non-hydrogen) atoms. The van der Waals surface area contributed by atoms with Crippen LogP contribution in [0.4, 0.5) is 0 Å². The van der Waals surface area contributed by atoms with Crippen LogP contribution in [0.25, 0.3) is 40.2 Å². The van der Waals surface area contributed by atoms with Crippen molar-refractivity contribution in [2.45, 2.75) is 13.8 Å². The number of carbonyl (C=O) groups is 1. The third kappa shape index (κ3) is 7.14. The van der Waals surface area contributed by atoms with Gasteiger partial charge in [0.15, 0.2) is 0 Å². The number of ketones is 1. The third-order valence-electron chi connectivity index (χ3n) is 9.35. The Bertz CT molecular complexity index is 2420. The quantitative estimate of drug-likeness (QED) is 0.113. The Morgan fingerprint density at radius 2 is 1.13 bits per heavy atom. The Hall–Kier alpha value is -6.80. The van der Waals surface area contributed by atoms with Gasteiger partial charge in [-0.15, -0.1) is 0 Å². The van der Waals surface area contributed by atoms with Gasteiger partial charge in [0.25, 0.3) is 0 Å². The first-order valence-electron chi connectivity index (χ1n) is 17.3. The molecule has 7 rings (SSSR count). The van der Waals surface area contributed by atoms with E-state index in [0.717, 1.165) is 33.4 Å². The number of carbonyl (C=O) groups excluding carboxylic acids is 1. The van der Waals surface area contributed by atoms with Gasteiger partial charge in [0.05, 0.1) is 62.8 Å². The van der Waals surface area contributed by atoms with Crippen molar-refractivity contribution in [2.75, 3.05) is 28.4 Å². The smallest absolute Gasteiger partial charge is 0.361 e. The summed E-state index contributed by atoms with van der Waals surface area (Å²) in [6.07, 6.45) is 7.05. The molecule has 0 atom stereocenters. The molecule has 1 aliphatic carbocycles. The van der Waals surface area contributed by atoms with Crippen molar-refractivity contribution in [3.8, 4) is 45.6 Å². The van der Waals surface area contributed by atoms with E-state index in [-0.39, 0.29) is 22.7 Å². The van der Waals surface area contributed by atoms with Crippen LogP contribution in [0.2, 0.25) is 0 Å². The van der Waals surface area contributed by atoms with Crippen LogP contribution in [0.15, 0.2) is 142 Å². The van der Waals surface area contributed by atoms with E-state index in [9.17, 15) is 9.90 Å². The van der Waals surface area contributed by atoms with Crippen molar-refractivity contribution < 1.29 is 38.0 Å². The van der Waals surface area contributed by atoms with Gasteiger partial charge >= 0.3 is 11.5 Å². The first-order chi connectivity index (χ1) is 26.2. The molecule has 4 aromatic carbocycles. The van der Waals surface area contributed by atoms with Gasteiger partial charge in [0, 0.05) is 23.3 Å². The molecule has 270 valence electrons. The van der Waals surface area contributed by atoms with Gasteiger partial charge in [0.1, 0.15) is 40.3 Å². The van der Waals surface area contributed by atoms with Gasteiger partial charge in [-0.05, 0) is 90.7 Å². The van der Waals surface area contributed by atoms with Crippen molar-refractivity contribution >= 4 is 23.4 Å². The highest BCUT2D eigenvalue weighted by atomic mass is 16.5. The van der Waals surface area contributed by atoms with Crippen LogP contribution in [0.3, 0.4) is 0 Å². The van der Waals surface area contributed by atoms with Gasteiger partial charge < -0.3 is 28.8 Å². The summed E-state index contributed by atoms with van der Waals surface area (Å²) in [5.41, 5.74) is 6.98. The Kier molecular flexibility index (Phi) is 9.92. The molecule has 0 bridgehead atoms. The number of Topliss-reactive ketones (excluding diaryl/α,β-unsaturated/α-hetero) is 1. The first kappa shape index (κ1) is 35.6. The number of benzene rings is 4. The molecular weight excluding hydrogens is 680 g/mol. The molecule has 5 aromatic rings. The molecule has 1 N–H and O–H groups in total. The summed E-state index contributed by atoms with van der Waals surface area (Å²) >= 11 is 0. The lowest BCUT2D eigenvalue weighted by atomic mass is 9.85. The second-order valence-corrected chi connectivity index (χ2v) is 12.9. The van der Waals surface area contributed by atoms with E-state index in [0.29, 0.717) is 57.2 Å². The predicted molar refractivity (Wildman–Crippen MR) is 210 cm³/mol. The Morgan fingerprint density at radius 1 is 0.611 bits per heavy atom. The van der Waals surface area contributed by atoms with Gasteiger partial charge in [-0.3, -0.25) is 4.79 Å². The Morgan fingerprint density at radius 3 is 1.69 bits per heavy atom. The van der Waals surface area contributed by atoms with E-state index in [2.05, 4.69) is 0 Å². The zero-order chi connectivity index (χ0) is 37.9. The van der Waals surface area contributed by atoms with Crippen molar-refractivity contribution in [2.24, 2.45) is 0 Å². The summed E-state index contributed by atoms with van der Waals surface area (Å²) in [5, 5.41) is 11.4. The van der Waals surface area contributed by atoms with Crippen molar-refractivity contribution in [3.63, 3.8) is 0 Å². The molecule has 0 radical (unpaired) electrons. The lowest BCUT2D eigenvalue weighted by molar-refractivity contribution is -0.113.